The minimum atomic E-state index is -4.38. The van der Waals surface area contributed by atoms with Crippen LogP contribution in [0.1, 0.15) is 34.6 Å². The molecule has 2 aliphatic rings. The van der Waals surface area contributed by atoms with Crippen molar-refractivity contribution in [3.63, 3.8) is 0 Å². The Balaban J connectivity index is 1.50. The predicted octanol–water partition coefficient (Wildman–Crippen LogP) is 4.39. The molecule has 0 aromatic heterocycles. The summed E-state index contributed by atoms with van der Waals surface area (Å²) in [4.78, 5) is 14.6. The standard InChI is InChI=1S/C20H18F3NO/c21-20(22,23)18-8-4-3-7-15(18)16-11-17(16)19(25)24-10-9-13-5-1-2-6-14(13)12-24/h1-8,16-17H,9-12H2/t16-,17+/m0/s1. The van der Waals surface area contributed by atoms with Crippen molar-refractivity contribution < 1.29 is 18.0 Å². The van der Waals surface area contributed by atoms with Gasteiger partial charge in [0, 0.05) is 19.0 Å². The van der Waals surface area contributed by atoms with Crippen LogP contribution in [0.2, 0.25) is 0 Å². The van der Waals surface area contributed by atoms with Gasteiger partial charge in [0.1, 0.15) is 0 Å². The van der Waals surface area contributed by atoms with Crippen molar-refractivity contribution in [1.82, 2.24) is 4.90 Å². The lowest BCUT2D eigenvalue weighted by Crippen LogP contribution is -2.37. The molecule has 1 saturated carbocycles. The lowest BCUT2D eigenvalue weighted by atomic mass is 9.98. The maximum Gasteiger partial charge on any atom is 0.416 e. The van der Waals surface area contributed by atoms with E-state index in [2.05, 4.69) is 6.07 Å². The molecule has 25 heavy (non-hydrogen) atoms. The largest absolute Gasteiger partial charge is 0.416 e. The number of nitrogens with zero attached hydrogens (tertiary/aromatic N) is 1. The van der Waals surface area contributed by atoms with E-state index in [-0.39, 0.29) is 23.3 Å². The van der Waals surface area contributed by atoms with Crippen molar-refractivity contribution in [3.05, 3.63) is 70.8 Å². The fourth-order valence-electron chi connectivity index (χ4n) is 3.81. The Hall–Kier alpha value is -2.30. The predicted molar refractivity (Wildman–Crippen MR) is 87.9 cm³/mol. The third kappa shape index (κ3) is 3.03. The molecule has 1 fully saturated rings. The smallest absolute Gasteiger partial charge is 0.338 e. The van der Waals surface area contributed by atoms with Gasteiger partial charge in [-0.05, 0) is 41.5 Å². The number of hydrogen-bond donors (Lipinski definition) is 0. The zero-order valence-electron chi connectivity index (χ0n) is 13.6. The summed E-state index contributed by atoms with van der Waals surface area (Å²) in [5.74, 6) is -0.660. The van der Waals surface area contributed by atoms with Crippen LogP contribution in [0.3, 0.4) is 0 Å². The van der Waals surface area contributed by atoms with Gasteiger partial charge in [0.2, 0.25) is 5.91 Å². The Bertz CT molecular complexity index is 815. The second-order valence-corrected chi connectivity index (χ2v) is 6.81. The Kier molecular flexibility index (Phi) is 3.82. The number of fused-ring (bicyclic) bond motifs is 1. The maximum absolute atomic E-state index is 13.2. The summed E-state index contributed by atoms with van der Waals surface area (Å²) >= 11 is 0. The van der Waals surface area contributed by atoms with Gasteiger partial charge in [0.05, 0.1) is 5.56 Å². The first kappa shape index (κ1) is 16.2. The van der Waals surface area contributed by atoms with E-state index in [4.69, 9.17) is 0 Å². The molecule has 4 rings (SSSR count). The maximum atomic E-state index is 13.2. The second kappa shape index (κ2) is 5.90. The van der Waals surface area contributed by atoms with Gasteiger partial charge in [-0.25, -0.2) is 0 Å². The third-order valence-corrected chi connectivity index (χ3v) is 5.22. The van der Waals surface area contributed by atoms with Crippen molar-refractivity contribution >= 4 is 5.91 Å². The van der Waals surface area contributed by atoms with Crippen molar-refractivity contribution in [2.75, 3.05) is 6.54 Å². The molecule has 2 aromatic rings. The van der Waals surface area contributed by atoms with Gasteiger partial charge in [-0.15, -0.1) is 0 Å². The second-order valence-electron chi connectivity index (χ2n) is 6.81. The highest BCUT2D eigenvalue weighted by atomic mass is 19.4. The monoisotopic (exact) mass is 345 g/mol. The summed E-state index contributed by atoms with van der Waals surface area (Å²) in [7, 11) is 0. The Morgan fingerprint density at radius 1 is 1.00 bits per heavy atom. The van der Waals surface area contributed by atoms with Crippen LogP contribution >= 0.6 is 0 Å². The molecule has 0 saturated heterocycles. The quantitative estimate of drug-likeness (QED) is 0.790. The first-order valence-electron chi connectivity index (χ1n) is 8.47. The van der Waals surface area contributed by atoms with E-state index in [9.17, 15) is 18.0 Å². The number of carbonyl (C=O) groups is 1. The Morgan fingerprint density at radius 2 is 1.68 bits per heavy atom. The minimum absolute atomic E-state index is 0.0171. The van der Waals surface area contributed by atoms with E-state index in [1.807, 2.05) is 18.2 Å². The van der Waals surface area contributed by atoms with Gasteiger partial charge in [-0.1, -0.05) is 42.5 Å². The molecule has 5 heteroatoms. The molecule has 2 nitrogen and oxygen atoms in total. The van der Waals surface area contributed by atoms with Crippen LogP contribution < -0.4 is 0 Å². The summed E-state index contributed by atoms with van der Waals surface area (Å²) in [5, 5.41) is 0. The summed E-state index contributed by atoms with van der Waals surface area (Å²) in [6.07, 6.45) is -3.07. The number of rotatable bonds is 2. The average Bonchev–Trinajstić information content (AvgIpc) is 3.40. The molecule has 1 heterocycles. The Labute approximate surface area is 144 Å². The molecule has 1 aliphatic heterocycles. The van der Waals surface area contributed by atoms with Gasteiger partial charge in [-0.2, -0.15) is 13.2 Å². The summed E-state index contributed by atoms with van der Waals surface area (Å²) in [6.45, 7) is 1.19. The molecule has 0 spiro atoms. The zero-order chi connectivity index (χ0) is 17.6. The molecule has 0 N–H and O–H groups in total. The number of alkyl halides is 3. The molecule has 1 amide bonds. The number of halogens is 3. The third-order valence-electron chi connectivity index (χ3n) is 5.22. The number of amides is 1. The minimum Gasteiger partial charge on any atom is -0.338 e. The fraction of sp³-hybridized carbons (Fsp3) is 0.350. The van der Waals surface area contributed by atoms with Crippen LogP contribution in [0.5, 0.6) is 0 Å². The molecule has 130 valence electrons. The highest BCUT2D eigenvalue weighted by Gasteiger charge is 2.49. The van der Waals surface area contributed by atoms with Crippen molar-refractivity contribution in [3.8, 4) is 0 Å². The van der Waals surface area contributed by atoms with Crippen LogP contribution in [0.15, 0.2) is 48.5 Å². The molecule has 2 aromatic carbocycles. The van der Waals surface area contributed by atoms with Crippen molar-refractivity contribution in [1.29, 1.82) is 0 Å². The van der Waals surface area contributed by atoms with Crippen LogP contribution in [-0.2, 0) is 23.9 Å². The van der Waals surface area contributed by atoms with Gasteiger partial charge >= 0.3 is 6.18 Å². The number of hydrogen-bond acceptors (Lipinski definition) is 1. The van der Waals surface area contributed by atoms with Gasteiger partial charge in [0.15, 0.2) is 0 Å². The first-order chi connectivity index (χ1) is 11.9. The zero-order valence-corrected chi connectivity index (χ0v) is 13.6. The van der Waals surface area contributed by atoms with Gasteiger partial charge in [-0.3, -0.25) is 4.79 Å². The van der Waals surface area contributed by atoms with Crippen molar-refractivity contribution in [2.45, 2.75) is 31.5 Å². The first-order valence-corrected chi connectivity index (χ1v) is 8.47. The van der Waals surface area contributed by atoms with E-state index in [0.717, 1.165) is 18.1 Å². The van der Waals surface area contributed by atoms with E-state index in [1.54, 1.807) is 11.0 Å². The lowest BCUT2D eigenvalue weighted by molar-refractivity contribution is -0.138. The summed E-state index contributed by atoms with van der Waals surface area (Å²) < 4.78 is 39.6. The summed E-state index contributed by atoms with van der Waals surface area (Å²) in [5.41, 5.74) is 2.03. The molecular weight excluding hydrogens is 327 g/mol. The van der Waals surface area contributed by atoms with Crippen molar-refractivity contribution in [2.24, 2.45) is 5.92 Å². The lowest BCUT2D eigenvalue weighted by Gasteiger charge is -2.29. The topological polar surface area (TPSA) is 20.3 Å². The van der Waals surface area contributed by atoms with Crippen LogP contribution in [0.4, 0.5) is 13.2 Å². The van der Waals surface area contributed by atoms with Crippen LogP contribution in [0.25, 0.3) is 0 Å². The number of carbonyl (C=O) groups excluding carboxylic acids is 1. The Morgan fingerprint density at radius 3 is 2.44 bits per heavy atom. The molecule has 0 bridgehead atoms. The molecule has 1 aliphatic carbocycles. The normalized spacial score (nSPS) is 22.4. The van der Waals surface area contributed by atoms with E-state index < -0.39 is 11.7 Å². The number of benzene rings is 2. The van der Waals surface area contributed by atoms with E-state index in [0.29, 0.717) is 19.5 Å². The molecular formula is C20H18F3NO. The molecule has 0 unspecified atom stereocenters. The average molecular weight is 345 g/mol. The summed E-state index contributed by atoms with van der Waals surface area (Å²) in [6, 6.07) is 13.6. The molecule has 2 atom stereocenters. The van der Waals surface area contributed by atoms with E-state index in [1.165, 1.54) is 17.7 Å². The molecule has 0 radical (unpaired) electrons. The van der Waals surface area contributed by atoms with Gasteiger partial charge < -0.3 is 4.90 Å². The highest BCUT2D eigenvalue weighted by molar-refractivity contribution is 5.83. The highest BCUT2D eigenvalue weighted by Crippen LogP contribution is 2.52. The van der Waals surface area contributed by atoms with Crippen LogP contribution in [0, 0.1) is 5.92 Å². The van der Waals surface area contributed by atoms with Gasteiger partial charge in [0.25, 0.3) is 0 Å². The SMILES string of the molecule is O=C([C@@H]1C[C@H]1c1ccccc1C(F)(F)F)N1CCc2ccccc2C1. The fourth-order valence-corrected chi connectivity index (χ4v) is 3.81. The van der Waals surface area contributed by atoms with E-state index >= 15 is 0 Å². The van der Waals surface area contributed by atoms with Crippen LogP contribution in [-0.4, -0.2) is 17.4 Å².